The molecule has 0 aromatic carbocycles. The first-order valence-corrected chi connectivity index (χ1v) is 7.89. The Morgan fingerprint density at radius 1 is 1.42 bits per heavy atom. The number of sulfonamides is 1. The van der Waals surface area contributed by atoms with Gasteiger partial charge in [-0.15, -0.1) is 0 Å². The highest BCUT2D eigenvalue weighted by Gasteiger charge is 2.21. The minimum atomic E-state index is -3.60. The van der Waals surface area contributed by atoms with Gasteiger partial charge in [-0.2, -0.15) is 0 Å². The van der Waals surface area contributed by atoms with Gasteiger partial charge in [-0.3, -0.25) is 0 Å². The van der Waals surface area contributed by atoms with Crippen LogP contribution in [0, 0.1) is 0 Å². The van der Waals surface area contributed by atoms with E-state index in [2.05, 4.69) is 28.5 Å². The van der Waals surface area contributed by atoms with Gasteiger partial charge in [0.2, 0.25) is 0 Å². The maximum absolute atomic E-state index is 12.1. The molecule has 1 aromatic heterocycles. The molecule has 7 nitrogen and oxygen atoms in total. The SMILES string of the molecule is CCCN(CC)CCNS(=O)(=O)c1c(N)ncn1C. The van der Waals surface area contributed by atoms with Crippen molar-refractivity contribution in [2.75, 3.05) is 31.9 Å². The van der Waals surface area contributed by atoms with Crippen molar-refractivity contribution in [3.8, 4) is 0 Å². The first kappa shape index (κ1) is 15.9. The lowest BCUT2D eigenvalue weighted by Gasteiger charge is -2.19. The Balaban J connectivity index is 2.62. The quantitative estimate of drug-likeness (QED) is 0.703. The molecular formula is C11H23N5O2S. The van der Waals surface area contributed by atoms with Gasteiger partial charge in [0.15, 0.2) is 10.8 Å². The molecule has 0 fully saturated rings. The molecule has 1 rings (SSSR count). The summed E-state index contributed by atoms with van der Waals surface area (Å²) in [5, 5.41) is 0.0195. The molecule has 0 aliphatic carbocycles. The summed E-state index contributed by atoms with van der Waals surface area (Å²) in [5.74, 6) is 0.0240. The van der Waals surface area contributed by atoms with Crippen molar-refractivity contribution in [3.63, 3.8) is 0 Å². The molecular weight excluding hydrogens is 266 g/mol. The summed E-state index contributed by atoms with van der Waals surface area (Å²) in [6, 6.07) is 0. The number of likely N-dealkylation sites (N-methyl/N-ethyl adjacent to an activating group) is 1. The van der Waals surface area contributed by atoms with E-state index in [0.717, 1.165) is 19.5 Å². The highest BCUT2D eigenvalue weighted by atomic mass is 32.2. The predicted octanol–water partition coefficient (Wildman–Crippen LogP) is 0.0125. The number of aryl methyl sites for hydroxylation is 1. The summed E-state index contributed by atoms with van der Waals surface area (Å²) in [7, 11) is -1.99. The molecule has 19 heavy (non-hydrogen) atoms. The van der Waals surface area contributed by atoms with Gasteiger partial charge in [-0.05, 0) is 19.5 Å². The van der Waals surface area contributed by atoms with Crippen LogP contribution in [0.4, 0.5) is 5.82 Å². The van der Waals surface area contributed by atoms with Crippen LogP contribution in [0.15, 0.2) is 11.4 Å². The van der Waals surface area contributed by atoms with Gasteiger partial charge in [0, 0.05) is 20.1 Å². The summed E-state index contributed by atoms with van der Waals surface area (Å²) in [5.41, 5.74) is 5.57. The summed E-state index contributed by atoms with van der Waals surface area (Å²) in [4.78, 5) is 5.97. The third-order valence-electron chi connectivity index (χ3n) is 2.87. The van der Waals surface area contributed by atoms with E-state index in [9.17, 15) is 8.42 Å². The van der Waals surface area contributed by atoms with Crippen molar-refractivity contribution in [1.29, 1.82) is 0 Å². The smallest absolute Gasteiger partial charge is 0.260 e. The molecule has 1 aromatic rings. The fourth-order valence-electron chi connectivity index (χ4n) is 1.92. The lowest BCUT2D eigenvalue weighted by Crippen LogP contribution is -2.36. The highest BCUT2D eigenvalue weighted by Crippen LogP contribution is 2.14. The molecule has 0 saturated carbocycles. The van der Waals surface area contributed by atoms with Crippen LogP contribution in [0.2, 0.25) is 0 Å². The predicted molar refractivity (Wildman–Crippen MR) is 75.2 cm³/mol. The van der Waals surface area contributed by atoms with Gasteiger partial charge in [0.05, 0.1) is 6.33 Å². The van der Waals surface area contributed by atoms with E-state index in [1.165, 1.54) is 10.9 Å². The summed E-state index contributed by atoms with van der Waals surface area (Å²) in [6.45, 7) is 7.07. The van der Waals surface area contributed by atoms with Crippen LogP contribution in [0.25, 0.3) is 0 Å². The standard InChI is InChI=1S/C11H23N5O2S/c1-4-7-16(5-2)8-6-14-19(17,18)11-10(12)13-9-15(11)3/h9,14H,4-8,12H2,1-3H3. The van der Waals surface area contributed by atoms with Gasteiger partial charge >= 0.3 is 0 Å². The molecule has 0 bridgehead atoms. The van der Waals surface area contributed by atoms with Gasteiger partial charge in [0.25, 0.3) is 10.0 Å². The fraction of sp³-hybridized carbons (Fsp3) is 0.727. The van der Waals surface area contributed by atoms with Crippen LogP contribution >= 0.6 is 0 Å². The lowest BCUT2D eigenvalue weighted by atomic mass is 10.4. The van der Waals surface area contributed by atoms with Crippen molar-refractivity contribution >= 4 is 15.8 Å². The van der Waals surface area contributed by atoms with Gasteiger partial charge in [0.1, 0.15) is 0 Å². The molecule has 0 saturated heterocycles. The molecule has 0 radical (unpaired) electrons. The van der Waals surface area contributed by atoms with E-state index in [1.54, 1.807) is 7.05 Å². The summed E-state index contributed by atoms with van der Waals surface area (Å²) in [6.07, 6.45) is 2.44. The van der Waals surface area contributed by atoms with Gasteiger partial charge in [-0.25, -0.2) is 18.1 Å². The Morgan fingerprint density at radius 2 is 2.11 bits per heavy atom. The number of rotatable bonds is 8. The summed E-state index contributed by atoms with van der Waals surface area (Å²) >= 11 is 0. The van der Waals surface area contributed by atoms with Crippen LogP contribution in [-0.2, 0) is 17.1 Å². The van der Waals surface area contributed by atoms with Gasteiger partial charge in [-0.1, -0.05) is 13.8 Å². The largest absolute Gasteiger partial charge is 0.381 e. The monoisotopic (exact) mass is 289 g/mol. The average Bonchev–Trinajstić information content (AvgIpc) is 2.68. The van der Waals surface area contributed by atoms with Crippen molar-refractivity contribution in [3.05, 3.63) is 6.33 Å². The first-order chi connectivity index (χ1) is 8.92. The number of nitrogens with one attached hydrogen (secondary N) is 1. The van der Waals surface area contributed by atoms with Crippen LogP contribution in [0.1, 0.15) is 20.3 Å². The number of nitrogens with two attached hydrogens (primary N) is 1. The van der Waals surface area contributed by atoms with Crippen LogP contribution in [0.5, 0.6) is 0 Å². The normalized spacial score (nSPS) is 12.2. The fourth-order valence-corrected chi connectivity index (χ4v) is 3.17. The van der Waals surface area contributed by atoms with Crippen molar-refractivity contribution < 1.29 is 8.42 Å². The lowest BCUT2D eigenvalue weighted by molar-refractivity contribution is 0.293. The number of imidazole rings is 1. The molecule has 0 spiro atoms. The maximum Gasteiger partial charge on any atom is 0.260 e. The van der Waals surface area contributed by atoms with E-state index in [0.29, 0.717) is 13.1 Å². The molecule has 0 unspecified atom stereocenters. The Hall–Kier alpha value is -1.12. The number of aromatic nitrogens is 2. The summed E-state index contributed by atoms with van der Waals surface area (Å²) < 4.78 is 28.1. The average molecular weight is 289 g/mol. The number of hydrogen-bond donors (Lipinski definition) is 2. The molecule has 0 aliphatic heterocycles. The second-order valence-corrected chi connectivity index (χ2v) is 6.06. The minimum Gasteiger partial charge on any atom is -0.381 e. The van der Waals surface area contributed by atoms with Crippen molar-refractivity contribution in [1.82, 2.24) is 19.2 Å². The number of nitrogens with zero attached hydrogens (tertiary/aromatic N) is 3. The minimum absolute atomic E-state index is 0.0195. The molecule has 0 atom stereocenters. The zero-order valence-electron chi connectivity index (χ0n) is 11.8. The van der Waals surface area contributed by atoms with E-state index in [4.69, 9.17) is 5.73 Å². The Labute approximate surface area is 114 Å². The molecule has 110 valence electrons. The van der Waals surface area contributed by atoms with Crippen LogP contribution in [-0.4, -0.2) is 49.0 Å². The molecule has 0 aliphatic rings. The topological polar surface area (TPSA) is 93.2 Å². The number of anilines is 1. The van der Waals surface area contributed by atoms with E-state index in [-0.39, 0.29) is 10.8 Å². The van der Waals surface area contributed by atoms with Gasteiger partial charge < -0.3 is 15.2 Å². The zero-order valence-corrected chi connectivity index (χ0v) is 12.6. The van der Waals surface area contributed by atoms with Crippen molar-refractivity contribution in [2.24, 2.45) is 7.05 Å². The number of nitrogen functional groups attached to an aromatic ring is 1. The molecule has 1 heterocycles. The highest BCUT2D eigenvalue weighted by molar-refractivity contribution is 7.89. The second-order valence-electron chi connectivity index (χ2n) is 4.38. The molecule has 0 amide bonds. The third-order valence-corrected chi connectivity index (χ3v) is 4.46. The molecule has 3 N–H and O–H groups in total. The molecule has 8 heteroatoms. The maximum atomic E-state index is 12.1. The zero-order chi connectivity index (χ0) is 14.5. The van der Waals surface area contributed by atoms with Crippen LogP contribution < -0.4 is 10.5 Å². The number of hydrogen-bond acceptors (Lipinski definition) is 5. The van der Waals surface area contributed by atoms with Crippen molar-refractivity contribution in [2.45, 2.75) is 25.3 Å². The second kappa shape index (κ2) is 6.88. The van der Waals surface area contributed by atoms with E-state index >= 15 is 0 Å². The Bertz CT molecular complexity index is 478. The first-order valence-electron chi connectivity index (χ1n) is 6.41. The third kappa shape index (κ3) is 4.19. The van der Waals surface area contributed by atoms with Crippen LogP contribution in [0.3, 0.4) is 0 Å². The Morgan fingerprint density at radius 3 is 2.58 bits per heavy atom. The van der Waals surface area contributed by atoms with E-state index < -0.39 is 10.0 Å². The Kier molecular flexibility index (Phi) is 5.77. The van der Waals surface area contributed by atoms with E-state index in [1.807, 2.05) is 0 Å².